The van der Waals surface area contributed by atoms with Gasteiger partial charge in [0, 0.05) is 29.8 Å². The predicted octanol–water partition coefficient (Wildman–Crippen LogP) is -1.72. The van der Waals surface area contributed by atoms with Crippen LogP contribution in [0.5, 0.6) is 5.75 Å². The highest BCUT2D eigenvalue weighted by Gasteiger charge is 2.36. The molecule has 4 amide bonds. The lowest BCUT2D eigenvalue weighted by Gasteiger charge is -2.13. The second-order valence-corrected chi connectivity index (χ2v) is 11.3. The van der Waals surface area contributed by atoms with Crippen molar-refractivity contribution >= 4 is 46.3 Å². The highest BCUT2D eigenvalue weighted by atomic mass is 32.2. The standard InChI is InChI=1S/C9H8N2O3.C8H8N2O3.C7H7N3O3.C6H7N3O2S/c10-2-1-7(11)6-3-5(12)4-8(13)9(6)14;9-2-1-6(10)5-3-13-4-7(11)8(5)12;8-2-1-3(9)4-5(11)7(13)10-6(4)12;7-2-1-3(8)4-5(10)9-6(11)12-4/h3-4,7,13H,1,11H2;3-4,6,11H,1,10H2;3H,1,9H2,(H2,10,11,12,13);3-4H,1,8H2,(H,9,10,11)/t7-;6-;3-;3-,4?/m1111/s1. The Bertz CT molecular complexity index is 1930. The molecule has 1 aromatic rings. The number of imide groups is 2. The number of nitrogens with two attached hydrogens (primary N) is 4. The van der Waals surface area contributed by atoms with Crippen LogP contribution >= 0.6 is 11.8 Å². The van der Waals surface area contributed by atoms with Crippen LogP contribution in [-0.2, 0) is 24.0 Å². The number of nitriles is 4. The predicted molar refractivity (Wildman–Crippen MR) is 175 cm³/mol. The molecule has 0 bridgehead atoms. The molecule has 1 fully saturated rings. The molecule has 1 aromatic heterocycles. The molecule has 21 nitrogen and oxygen atoms in total. The Kier molecular flexibility index (Phi) is 17.3. The lowest BCUT2D eigenvalue weighted by atomic mass is 9.94. The van der Waals surface area contributed by atoms with Crippen molar-refractivity contribution in [2.45, 2.75) is 55.1 Å². The van der Waals surface area contributed by atoms with Gasteiger partial charge in [0.2, 0.25) is 17.1 Å². The third kappa shape index (κ3) is 12.3. The van der Waals surface area contributed by atoms with E-state index in [4.69, 9.17) is 59.3 Å². The molecule has 52 heavy (non-hydrogen) atoms. The van der Waals surface area contributed by atoms with E-state index >= 15 is 0 Å². The quantitative estimate of drug-likeness (QED) is 0.106. The summed E-state index contributed by atoms with van der Waals surface area (Å²) < 4.78 is 4.65. The van der Waals surface area contributed by atoms with Crippen LogP contribution in [0.3, 0.4) is 0 Å². The number of allylic oxidation sites excluding steroid dienone is 3. The van der Waals surface area contributed by atoms with Gasteiger partial charge in [0.25, 0.3) is 17.1 Å². The molecule has 1 unspecified atom stereocenters. The number of nitrogens with zero attached hydrogens (tertiary/aromatic N) is 4. The Balaban J connectivity index is 0.000000347. The van der Waals surface area contributed by atoms with E-state index in [1.54, 1.807) is 12.1 Å². The van der Waals surface area contributed by atoms with Crippen LogP contribution < -0.4 is 39.0 Å². The number of nitrogens with one attached hydrogen (secondary N) is 2. The van der Waals surface area contributed by atoms with Crippen LogP contribution in [0.25, 0.3) is 0 Å². The van der Waals surface area contributed by atoms with Crippen molar-refractivity contribution in [1.82, 2.24) is 10.6 Å². The largest absolute Gasteiger partial charge is 0.504 e. The molecule has 2 aliphatic heterocycles. The van der Waals surface area contributed by atoms with Gasteiger partial charge in [-0.15, -0.1) is 0 Å². The van der Waals surface area contributed by atoms with E-state index in [-0.39, 0.29) is 42.4 Å². The summed E-state index contributed by atoms with van der Waals surface area (Å²) in [6, 6.07) is 4.17. The van der Waals surface area contributed by atoms with Crippen LogP contribution in [0.2, 0.25) is 0 Å². The Morgan fingerprint density at radius 2 is 1.31 bits per heavy atom. The zero-order valence-corrected chi connectivity index (χ0v) is 27.5. The van der Waals surface area contributed by atoms with Crippen molar-refractivity contribution in [2.75, 3.05) is 0 Å². The normalized spacial score (nSPS) is 18.3. The lowest BCUT2D eigenvalue weighted by molar-refractivity contribution is -0.125. The number of aliphatic hydroxyl groups excluding tert-OH is 2. The molecule has 4 rings (SSSR count). The van der Waals surface area contributed by atoms with Gasteiger partial charge in [-0.3, -0.25) is 44.2 Å². The third-order valence-corrected chi connectivity index (χ3v) is 7.55. The number of carbonyl (C=O) groups excluding carboxylic acids is 6. The number of hydrogen-bond donors (Lipinski definition) is 9. The maximum absolute atomic E-state index is 11.3. The zero-order valence-electron chi connectivity index (χ0n) is 26.6. The number of Topliss-reactive ketones (excluding diaryl/α,β-unsaturated/α-hetero) is 1. The highest BCUT2D eigenvalue weighted by Crippen LogP contribution is 2.22. The molecule has 0 aromatic carbocycles. The van der Waals surface area contributed by atoms with E-state index in [0.29, 0.717) is 0 Å². The Labute approximate surface area is 297 Å². The van der Waals surface area contributed by atoms with Crippen LogP contribution in [0.4, 0.5) is 4.79 Å². The van der Waals surface area contributed by atoms with Crippen LogP contribution in [0.15, 0.2) is 56.6 Å². The maximum atomic E-state index is 11.3. The first kappa shape index (κ1) is 43.4. The molecule has 0 radical (unpaired) electrons. The van der Waals surface area contributed by atoms with E-state index in [9.17, 15) is 33.6 Å². The molecular formula is C30H30N10O11S. The molecule has 13 N–H and O–H groups in total. The fourth-order valence-corrected chi connectivity index (χ4v) is 4.68. The van der Waals surface area contributed by atoms with E-state index in [1.807, 2.05) is 17.5 Å². The SMILES string of the molecule is N#CC[C@@H](N)C1=C(O)C(=O)NC1=O.N#CC[C@@H](N)C1=CC(=O)C=C(O)C1=O.N#CC[C@@H](N)C1SC(=O)NC1=O.N#CC[C@@H](N)c1cocc(O)c1=O. The van der Waals surface area contributed by atoms with E-state index in [2.05, 4.69) is 9.73 Å². The molecule has 272 valence electrons. The van der Waals surface area contributed by atoms with Gasteiger partial charge in [-0.1, -0.05) is 0 Å². The minimum absolute atomic E-state index is 0.00815. The average molecular weight is 739 g/mol. The monoisotopic (exact) mass is 738 g/mol. The first-order valence-corrected chi connectivity index (χ1v) is 15.1. The molecule has 5 atom stereocenters. The summed E-state index contributed by atoms with van der Waals surface area (Å²) >= 11 is 0.846. The summed E-state index contributed by atoms with van der Waals surface area (Å²) in [6.07, 6.45) is 3.83. The summed E-state index contributed by atoms with van der Waals surface area (Å²) in [7, 11) is 0. The lowest BCUT2D eigenvalue weighted by Crippen LogP contribution is -2.38. The second-order valence-electron chi connectivity index (χ2n) is 10.2. The summed E-state index contributed by atoms with van der Waals surface area (Å²) in [5.41, 5.74) is 21.1. The van der Waals surface area contributed by atoms with Crippen molar-refractivity contribution in [1.29, 1.82) is 21.0 Å². The number of rotatable bonds is 8. The van der Waals surface area contributed by atoms with E-state index in [1.165, 1.54) is 0 Å². The maximum Gasteiger partial charge on any atom is 0.293 e. The third-order valence-electron chi connectivity index (χ3n) is 6.42. The number of thioether (sulfide) groups is 1. The Morgan fingerprint density at radius 1 is 0.750 bits per heavy atom. The van der Waals surface area contributed by atoms with E-state index < -0.39 is 86.6 Å². The molecule has 0 saturated carbocycles. The van der Waals surface area contributed by atoms with Crippen molar-refractivity contribution in [2.24, 2.45) is 22.9 Å². The molecule has 0 spiro atoms. The van der Waals surface area contributed by atoms with Gasteiger partial charge >= 0.3 is 0 Å². The molecule has 22 heteroatoms. The summed E-state index contributed by atoms with van der Waals surface area (Å²) in [5, 5.41) is 63.3. The van der Waals surface area contributed by atoms with Gasteiger partial charge in [0.15, 0.2) is 23.1 Å². The van der Waals surface area contributed by atoms with Crippen molar-refractivity contribution in [3.05, 3.63) is 63.1 Å². The van der Waals surface area contributed by atoms with Gasteiger partial charge in [0.05, 0.1) is 73.4 Å². The smallest absolute Gasteiger partial charge is 0.293 e. The van der Waals surface area contributed by atoms with Gasteiger partial charge in [0.1, 0.15) is 11.5 Å². The molecule has 1 saturated heterocycles. The number of hydrogen-bond acceptors (Lipinski definition) is 20. The van der Waals surface area contributed by atoms with E-state index in [0.717, 1.165) is 36.4 Å². The second kappa shape index (κ2) is 20.8. The van der Waals surface area contributed by atoms with Crippen molar-refractivity contribution in [3.63, 3.8) is 0 Å². The first-order valence-electron chi connectivity index (χ1n) is 14.3. The number of aliphatic hydroxyl groups is 2. The number of carbonyl (C=O) groups is 6. The number of ketones is 2. The summed E-state index contributed by atoms with van der Waals surface area (Å²) in [5.74, 6) is -4.98. The van der Waals surface area contributed by atoms with Gasteiger partial charge < -0.3 is 42.7 Å². The topological polar surface area (TPSA) is 417 Å². The minimum atomic E-state index is -0.920. The summed E-state index contributed by atoms with van der Waals surface area (Å²) in [6.45, 7) is 0. The number of aromatic hydroxyl groups is 1. The highest BCUT2D eigenvalue weighted by molar-refractivity contribution is 8.15. The first-order chi connectivity index (χ1) is 24.4. The molecular weight excluding hydrogens is 708 g/mol. The Morgan fingerprint density at radius 3 is 1.81 bits per heavy atom. The molecule has 3 heterocycles. The molecule has 3 aliphatic rings. The fraction of sp³-hybridized carbons (Fsp3) is 0.300. The number of amides is 4. The van der Waals surface area contributed by atoms with Crippen LogP contribution in [0, 0.1) is 45.3 Å². The summed E-state index contributed by atoms with van der Waals surface area (Å²) in [4.78, 5) is 76.7. The average Bonchev–Trinajstić information content (AvgIpc) is 3.55. The van der Waals surface area contributed by atoms with Crippen molar-refractivity contribution in [3.8, 4) is 30.0 Å². The minimum Gasteiger partial charge on any atom is -0.504 e. The van der Waals surface area contributed by atoms with Crippen molar-refractivity contribution < 1.29 is 48.5 Å². The Hall–Kier alpha value is -6.66. The van der Waals surface area contributed by atoms with Gasteiger partial charge in [-0.25, -0.2) is 0 Å². The zero-order chi connectivity index (χ0) is 39.7. The van der Waals surface area contributed by atoms with Gasteiger partial charge in [-0.2, -0.15) is 21.0 Å². The molecule has 1 aliphatic carbocycles. The van der Waals surface area contributed by atoms with Crippen LogP contribution in [-0.4, -0.2) is 73.2 Å². The van der Waals surface area contributed by atoms with Gasteiger partial charge in [-0.05, 0) is 17.8 Å². The van der Waals surface area contributed by atoms with Crippen LogP contribution in [0.1, 0.15) is 37.3 Å². The fourth-order valence-electron chi connectivity index (χ4n) is 3.85.